The first-order valence-corrected chi connectivity index (χ1v) is 9.73. The minimum absolute atomic E-state index is 0.0610. The second-order valence-corrected chi connectivity index (χ2v) is 7.49. The van der Waals surface area contributed by atoms with Crippen LogP contribution in [-0.2, 0) is 13.0 Å². The van der Waals surface area contributed by atoms with E-state index in [1.807, 2.05) is 23.1 Å². The van der Waals surface area contributed by atoms with Crippen molar-refractivity contribution in [2.45, 2.75) is 31.8 Å². The molecule has 0 unspecified atom stereocenters. The highest BCUT2D eigenvalue weighted by Gasteiger charge is 2.32. The molecule has 0 atom stereocenters. The number of amides is 2. The molecule has 1 aromatic heterocycles. The molecule has 25 heavy (non-hydrogen) atoms. The summed E-state index contributed by atoms with van der Waals surface area (Å²) in [6, 6.07) is 19.2. The standard InChI is InChI=1S/C21H22N2OS/c24-21(23(18-10-11-18)14-16-6-2-1-3-7-16)22-13-12-17-15-25-20-9-5-4-8-19(17)20/h1-9,15,18H,10-14H2,(H,22,24). The van der Waals surface area contributed by atoms with Crippen molar-refractivity contribution in [3.8, 4) is 0 Å². The van der Waals surface area contributed by atoms with Gasteiger partial charge in [0.1, 0.15) is 0 Å². The van der Waals surface area contributed by atoms with Crippen LogP contribution in [0.1, 0.15) is 24.0 Å². The Bertz CT molecular complexity index is 854. The number of hydrogen-bond donors (Lipinski definition) is 1. The normalized spacial score (nSPS) is 13.8. The van der Waals surface area contributed by atoms with Crippen LogP contribution in [0, 0.1) is 0 Å². The summed E-state index contributed by atoms with van der Waals surface area (Å²) >= 11 is 1.77. The van der Waals surface area contributed by atoms with E-state index in [9.17, 15) is 4.79 Å². The Balaban J connectivity index is 1.35. The van der Waals surface area contributed by atoms with Crippen molar-refractivity contribution >= 4 is 27.5 Å². The number of fused-ring (bicyclic) bond motifs is 1. The summed E-state index contributed by atoms with van der Waals surface area (Å²) in [5.41, 5.74) is 2.51. The van der Waals surface area contributed by atoms with E-state index in [1.54, 1.807) is 11.3 Å². The molecule has 1 heterocycles. The molecule has 3 nitrogen and oxygen atoms in total. The van der Waals surface area contributed by atoms with Crippen LogP contribution in [-0.4, -0.2) is 23.5 Å². The molecule has 128 valence electrons. The van der Waals surface area contributed by atoms with Gasteiger partial charge in [-0.25, -0.2) is 4.79 Å². The van der Waals surface area contributed by atoms with Gasteiger partial charge in [0, 0.05) is 23.8 Å². The summed E-state index contributed by atoms with van der Waals surface area (Å²) < 4.78 is 1.31. The first-order valence-electron chi connectivity index (χ1n) is 8.85. The highest BCUT2D eigenvalue weighted by atomic mass is 32.1. The number of carbonyl (C=O) groups is 1. The van der Waals surface area contributed by atoms with Gasteiger partial charge in [-0.15, -0.1) is 11.3 Å². The zero-order valence-corrected chi connectivity index (χ0v) is 15.0. The van der Waals surface area contributed by atoms with Gasteiger partial charge in [-0.2, -0.15) is 0 Å². The molecular weight excluding hydrogens is 328 g/mol. The number of nitrogens with zero attached hydrogens (tertiary/aromatic N) is 1. The lowest BCUT2D eigenvalue weighted by molar-refractivity contribution is 0.192. The van der Waals surface area contributed by atoms with Crippen molar-refractivity contribution in [2.75, 3.05) is 6.54 Å². The lowest BCUT2D eigenvalue weighted by atomic mass is 10.1. The molecule has 1 fully saturated rings. The average Bonchev–Trinajstić information content (AvgIpc) is 3.41. The van der Waals surface area contributed by atoms with E-state index >= 15 is 0 Å². The molecule has 4 heteroatoms. The van der Waals surface area contributed by atoms with Crippen LogP contribution in [0.25, 0.3) is 10.1 Å². The zero-order chi connectivity index (χ0) is 17.1. The highest BCUT2D eigenvalue weighted by molar-refractivity contribution is 7.17. The van der Waals surface area contributed by atoms with Gasteiger partial charge in [-0.3, -0.25) is 0 Å². The fraction of sp³-hybridized carbons (Fsp3) is 0.286. The van der Waals surface area contributed by atoms with Gasteiger partial charge in [-0.05, 0) is 47.2 Å². The lowest BCUT2D eigenvalue weighted by Crippen LogP contribution is -2.41. The van der Waals surface area contributed by atoms with E-state index in [0.717, 1.165) is 19.3 Å². The number of thiophene rings is 1. The Morgan fingerprint density at radius 3 is 2.64 bits per heavy atom. The van der Waals surface area contributed by atoms with Crippen LogP contribution in [0.3, 0.4) is 0 Å². The second-order valence-electron chi connectivity index (χ2n) is 6.58. The van der Waals surface area contributed by atoms with Crippen molar-refractivity contribution in [3.63, 3.8) is 0 Å². The van der Waals surface area contributed by atoms with Gasteiger partial charge in [0.2, 0.25) is 0 Å². The summed E-state index contributed by atoms with van der Waals surface area (Å²) in [5, 5.41) is 6.64. The van der Waals surface area contributed by atoms with Crippen LogP contribution in [0.5, 0.6) is 0 Å². The van der Waals surface area contributed by atoms with E-state index in [2.05, 4.69) is 47.1 Å². The van der Waals surface area contributed by atoms with Crippen molar-refractivity contribution < 1.29 is 4.79 Å². The van der Waals surface area contributed by atoms with Gasteiger partial charge in [0.25, 0.3) is 0 Å². The smallest absolute Gasteiger partial charge is 0.317 e. The molecule has 1 N–H and O–H groups in total. The van der Waals surface area contributed by atoms with Crippen LogP contribution < -0.4 is 5.32 Å². The molecule has 0 aliphatic heterocycles. The Labute approximate surface area is 152 Å². The predicted octanol–water partition coefficient (Wildman–Crippen LogP) is 4.82. The third-order valence-electron chi connectivity index (χ3n) is 4.68. The molecule has 1 aliphatic rings. The van der Waals surface area contributed by atoms with Crippen LogP contribution in [0.15, 0.2) is 60.0 Å². The van der Waals surface area contributed by atoms with E-state index in [1.165, 1.54) is 21.2 Å². The summed E-state index contributed by atoms with van der Waals surface area (Å²) in [7, 11) is 0. The number of carbonyl (C=O) groups excluding carboxylic acids is 1. The van der Waals surface area contributed by atoms with Crippen molar-refractivity contribution in [1.82, 2.24) is 10.2 Å². The maximum atomic E-state index is 12.6. The first-order chi connectivity index (χ1) is 12.3. The largest absolute Gasteiger partial charge is 0.338 e. The van der Waals surface area contributed by atoms with Crippen molar-refractivity contribution in [3.05, 3.63) is 71.1 Å². The molecule has 0 saturated heterocycles. The molecule has 1 saturated carbocycles. The fourth-order valence-electron chi connectivity index (χ4n) is 3.17. The van der Waals surface area contributed by atoms with Gasteiger partial charge in [0.05, 0.1) is 0 Å². The SMILES string of the molecule is O=C(NCCc1csc2ccccc12)N(Cc1ccccc1)C1CC1. The van der Waals surface area contributed by atoms with Gasteiger partial charge in [0.15, 0.2) is 0 Å². The van der Waals surface area contributed by atoms with Crippen LogP contribution in [0.2, 0.25) is 0 Å². The number of nitrogens with one attached hydrogen (secondary N) is 1. The third-order valence-corrected chi connectivity index (χ3v) is 5.69. The number of urea groups is 1. The van der Waals surface area contributed by atoms with E-state index in [4.69, 9.17) is 0 Å². The highest BCUT2D eigenvalue weighted by Crippen LogP contribution is 2.28. The molecule has 3 aromatic rings. The van der Waals surface area contributed by atoms with Crippen LogP contribution in [0.4, 0.5) is 4.79 Å². The number of hydrogen-bond acceptors (Lipinski definition) is 2. The Morgan fingerprint density at radius 2 is 1.84 bits per heavy atom. The molecule has 0 spiro atoms. The Kier molecular flexibility index (Phi) is 4.70. The number of benzene rings is 2. The molecular formula is C21H22N2OS. The summed E-state index contributed by atoms with van der Waals surface area (Å²) in [5.74, 6) is 0. The average molecular weight is 350 g/mol. The second kappa shape index (κ2) is 7.28. The van der Waals surface area contributed by atoms with Crippen molar-refractivity contribution in [1.29, 1.82) is 0 Å². The lowest BCUT2D eigenvalue weighted by Gasteiger charge is -2.23. The van der Waals surface area contributed by atoms with Crippen molar-refractivity contribution in [2.24, 2.45) is 0 Å². The van der Waals surface area contributed by atoms with Gasteiger partial charge in [-0.1, -0.05) is 48.5 Å². The minimum Gasteiger partial charge on any atom is -0.338 e. The maximum Gasteiger partial charge on any atom is 0.317 e. The maximum absolute atomic E-state index is 12.6. The van der Waals surface area contributed by atoms with E-state index < -0.39 is 0 Å². The van der Waals surface area contributed by atoms with Gasteiger partial charge >= 0.3 is 6.03 Å². The molecule has 2 aromatic carbocycles. The molecule has 2 amide bonds. The Hall–Kier alpha value is -2.33. The van der Waals surface area contributed by atoms with Crippen LogP contribution >= 0.6 is 11.3 Å². The van der Waals surface area contributed by atoms with Gasteiger partial charge < -0.3 is 10.2 Å². The first kappa shape index (κ1) is 16.2. The Morgan fingerprint density at radius 1 is 1.08 bits per heavy atom. The molecule has 0 bridgehead atoms. The topological polar surface area (TPSA) is 32.3 Å². The monoisotopic (exact) mass is 350 g/mol. The fourth-order valence-corrected chi connectivity index (χ4v) is 4.16. The third kappa shape index (κ3) is 3.85. The molecule has 1 aliphatic carbocycles. The summed E-state index contributed by atoms with van der Waals surface area (Å²) in [6.07, 6.45) is 3.12. The molecule has 0 radical (unpaired) electrons. The number of rotatable bonds is 6. The quantitative estimate of drug-likeness (QED) is 0.679. The van der Waals surface area contributed by atoms with E-state index in [0.29, 0.717) is 19.1 Å². The molecule has 4 rings (SSSR count). The van der Waals surface area contributed by atoms with E-state index in [-0.39, 0.29) is 6.03 Å². The summed E-state index contributed by atoms with van der Waals surface area (Å²) in [6.45, 7) is 1.37. The zero-order valence-electron chi connectivity index (χ0n) is 14.2. The minimum atomic E-state index is 0.0610. The summed E-state index contributed by atoms with van der Waals surface area (Å²) in [4.78, 5) is 14.6. The predicted molar refractivity (Wildman–Crippen MR) is 104 cm³/mol.